The van der Waals surface area contributed by atoms with Gasteiger partial charge in [-0.3, -0.25) is 14.5 Å². The van der Waals surface area contributed by atoms with E-state index in [0.29, 0.717) is 5.69 Å². The third kappa shape index (κ3) is 1.90. The molecule has 0 radical (unpaired) electrons. The normalized spacial score (nSPS) is 25.7. The van der Waals surface area contributed by atoms with Crippen LogP contribution >= 0.6 is 0 Å². The molecule has 1 aliphatic carbocycles. The predicted molar refractivity (Wildman–Crippen MR) is 71.3 cm³/mol. The van der Waals surface area contributed by atoms with E-state index in [0.717, 1.165) is 25.7 Å². The Morgan fingerprint density at radius 1 is 1.10 bits per heavy atom. The summed E-state index contributed by atoms with van der Waals surface area (Å²) in [6.45, 7) is 0. The van der Waals surface area contributed by atoms with E-state index in [9.17, 15) is 14.4 Å². The number of hydrogen-bond acceptors (Lipinski definition) is 3. The minimum Gasteiger partial charge on any atom is -0.478 e. The molecule has 1 saturated carbocycles. The fourth-order valence-electron chi connectivity index (χ4n) is 3.19. The molecule has 104 valence electrons. The number of amides is 2. The maximum absolute atomic E-state index is 12.4. The maximum Gasteiger partial charge on any atom is 0.335 e. The number of rotatable bonds is 2. The molecule has 2 amide bonds. The molecule has 3 rings (SSSR count). The number of carboxylic acids is 1. The van der Waals surface area contributed by atoms with Gasteiger partial charge in [0, 0.05) is 0 Å². The van der Waals surface area contributed by atoms with E-state index >= 15 is 0 Å². The van der Waals surface area contributed by atoms with Crippen molar-refractivity contribution in [3.8, 4) is 0 Å². The Bertz CT molecular complexity index is 571. The van der Waals surface area contributed by atoms with Crippen LogP contribution in [0.1, 0.15) is 36.0 Å². The summed E-state index contributed by atoms with van der Waals surface area (Å²) in [5, 5.41) is 9.00. The monoisotopic (exact) mass is 273 g/mol. The van der Waals surface area contributed by atoms with Crippen molar-refractivity contribution in [2.45, 2.75) is 25.7 Å². The molecule has 1 saturated heterocycles. The Balaban J connectivity index is 1.97. The van der Waals surface area contributed by atoms with Crippen molar-refractivity contribution in [2.75, 3.05) is 4.90 Å². The largest absolute Gasteiger partial charge is 0.478 e. The molecule has 20 heavy (non-hydrogen) atoms. The number of carbonyl (C=O) groups excluding carboxylic acids is 2. The van der Waals surface area contributed by atoms with Gasteiger partial charge in [-0.05, 0) is 31.0 Å². The highest BCUT2D eigenvalue weighted by atomic mass is 16.4. The summed E-state index contributed by atoms with van der Waals surface area (Å²) in [6, 6.07) is 6.00. The first-order valence-corrected chi connectivity index (χ1v) is 6.81. The van der Waals surface area contributed by atoms with Gasteiger partial charge in [0.1, 0.15) is 0 Å². The van der Waals surface area contributed by atoms with Gasteiger partial charge in [0.15, 0.2) is 0 Å². The quantitative estimate of drug-likeness (QED) is 0.837. The second kappa shape index (κ2) is 4.74. The van der Waals surface area contributed by atoms with Crippen LogP contribution in [0.3, 0.4) is 0 Å². The third-order valence-electron chi connectivity index (χ3n) is 4.19. The van der Waals surface area contributed by atoms with Gasteiger partial charge < -0.3 is 5.11 Å². The van der Waals surface area contributed by atoms with Crippen LogP contribution in [0.2, 0.25) is 0 Å². The lowest BCUT2D eigenvalue weighted by Gasteiger charge is -2.19. The fourth-order valence-corrected chi connectivity index (χ4v) is 3.19. The van der Waals surface area contributed by atoms with Crippen LogP contribution in [0.4, 0.5) is 5.69 Å². The number of aromatic carboxylic acids is 1. The Morgan fingerprint density at radius 3 is 2.25 bits per heavy atom. The van der Waals surface area contributed by atoms with Crippen molar-refractivity contribution in [2.24, 2.45) is 11.8 Å². The van der Waals surface area contributed by atoms with Crippen LogP contribution in [0, 0.1) is 11.8 Å². The van der Waals surface area contributed by atoms with Crippen molar-refractivity contribution in [3.63, 3.8) is 0 Å². The fraction of sp³-hybridized carbons (Fsp3) is 0.400. The van der Waals surface area contributed by atoms with Crippen LogP contribution in [-0.2, 0) is 9.59 Å². The molecule has 0 unspecified atom stereocenters. The van der Waals surface area contributed by atoms with Crippen LogP contribution in [-0.4, -0.2) is 22.9 Å². The lowest BCUT2D eigenvalue weighted by Crippen LogP contribution is -2.31. The minimum absolute atomic E-state index is 0.0815. The third-order valence-corrected chi connectivity index (χ3v) is 4.19. The molecule has 2 atom stereocenters. The molecule has 1 aromatic rings. The molecule has 5 nitrogen and oxygen atoms in total. The molecular weight excluding hydrogens is 258 g/mol. The highest BCUT2D eigenvalue weighted by molar-refractivity contribution is 6.22. The van der Waals surface area contributed by atoms with Crippen molar-refractivity contribution >= 4 is 23.5 Å². The Morgan fingerprint density at radius 2 is 1.70 bits per heavy atom. The molecule has 0 bridgehead atoms. The number of nitrogens with zero attached hydrogens (tertiary/aromatic N) is 1. The number of hydrogen-bond donors (Lipinski definition) is 1. The van der Waals surface area contributed by atoms with Crippen molar-refractivity contribution in [3.05, 3.63) is 29.8 Å². The average molecular weight is 273 g/mol. The van der Waals surface area contributed by atoms with Gasteiger partial charge in [0.05, 0.1) is 23.1 Å². The van der Waals surface area contributed by atoms with E-state index in [1.165, 1.54) is 17.0 Å². The molecule has 1 aromatic carbocycles. The van der Waals surface area contributed by atoms with Crippen LogP contribution in [0.5, 0.6) is 0 Å². The molecular formula is C15H15NO4. The summed E-state index contributed by atoms with van der Waals surface area (Å²) in [5.74, 6) is -1.86. The predicted octanol–water partition coefficient (Wildman–Crippen LogP) is 2.06. The lowest BCUT2D eigenvalue weighted by molar-refractivity contribution is -0.122. The molecule has 0 aromatic heterocycles. The summed E-state index contributed by atoms with van der Waals surface area (Å²) < 4.78 is 0. The molecule has 1 N–H and O–H groups in total. The summed E-state index contributed by atoms with van der Waals surface area (Å²) in [6.07, 6.45) is 3.46. The number of fused-ring (bicyclic) bond motifs is 1. The van der Waals surface area contributed by atoms with Gasteiger partial charge in [-0.1, -0.05) is 18.9 Å². The maximum atomic E-state index is 12.4. The molecule has 2 fully saturated rings. The summed E-state index contributed by atoms with van der Waals surface area (Å²) in [4.78, 5) is 36.9. The second-order valence-corrected chi connectivity index (χ2v) is 5.36. The van der Waals surface area contributed by atoms with Gasteiger partial charge >= 0.3 is 5.97 Å². The molecule has 5 heteroatoms. The van der Waals surface area contributed by atoms with Gasteiger partial charge in [-0.15, -0.1) is 0 Å². The van der Waals surface area contributed by atoms with Gasteiger partial charge in [0.25, 0.3) is 0 Å². The van der Waals surface area contributed by atoms with Crippen LogP contribution in [0.15, 0.2) is 24.3 Å². The van der Waals surface area contributed by atoms with Crippen molar-refractivity contribution in [1.29, 1.82) is 0 Å². The lowest BCUT2D eigenvalue weighted by atomic mass is 9.81. The number of carbonyl (C=O) groups is 3. The average Bonchev–Trinajstić information content (AvgIpc) is 2.72. The SMILES string of the molecule is O=C(O)c1cccc(N2C(=O)[C@H]3CCCC[C@@H]3C2=O)c1. The van der Waals surface area contributed by atoms with E-state index in [4.69, 9.17) is 5.11 Å². The molecule has 2 aliphatic rings. The van der Waals surface area contributed by atoms with E-state index in [1.54, 1.807) is 12.1 Å². The first-order valence-electron chi connectivity index (χ1n) is 6.81. The smallest absolute Gasteiger partial charge is 0.335 e. The number of anilines is 1. The zero-order valence-corrected chi connectivity index (χ0v) is 10.9. The van der Waals surface area contributed by atoms with E-state index in [2.05, 4.69) is 0 Å². The zero-order chi connectivity index (χ0) is 14.3. The Kier molecular flexibility index (Phi) is 3.04. The Labute approximate surface area is 116 Å². The Hall–Kier alpha value is -2.17. The summed E-state index contributed by atoms with van der Waals surface area (Å²) in [5.41, 5.74) is 0.451. The highest BCUT2D eigenvalue weighted by Gasteiger charge is 2.48. The first-order chi connectivity index (χ1) is 9.59. The second-order valence-electron chi connectivity index (χ2n) is 5.36. The molecule has 0 spiro atoms. The van der Waals surface area contributed by atoms with Crippen LogP contribution in [0.25, 0.3) is 0 Å². The van der Waals surface area contributed by atoms with E-state index in [-0.39, 0.29) is 29.2 Å². The minimum atomic E-state index is -1.07. The molecule has 1 aliphatic heterocycles. The molecule has 1 heterocycles. The highest BCUT2D eigenvalue weighted by Crippen LogP contribution is 2.40. The summed E-state index contributed by atoms with van der Waals surface area (Å²) >= 11 is 0. The van der Waals surface area contributed by atoms with E-state index < -0.39 is 5.97 Å². The van der Waals surface area contributed by atoms with Crippen LogP contribution < -0.4 is 4.90 Å². The first kappa shape index (κ1) is 12.8. The zero-order valence-electron chi connectivity index (χ0n) is 10.9. The van der Waals surface area contributed by atoms with E-state index in [1.807, 2.05) is 0 Å². The van der Waals surface area contributed by atoms with Crippen molar-refractivity contribution in [1.82, 2.24) is 0 Å². The van der Waals surface area contributed by atoms with Gasteiger partial charge in [0.2, 0.25) is 11.8 Å². The number of carboxylic acid groups (broad SMARTS) is 1. The summed E-state index contributed by atoms with van der Waals surface area (Å²) in [7, 11) is 0. The number of benzene rings is 1. The number of imide groups is 1. The van der Waals surface area contributed by atoms with Crippen molar-refractivity contribution < 1.29 is 19.5 Å². The topological polar surface area (TPSA) is 74.7 Å². The standard InChI is InChI=1S/C15H15NO4/c17-13-11-6-1-2-7-12(11)14(18)16(13)10-5-3-4-9(8-10)15(19)20/h3-5,8,11-12H,1-2,6-7H2,(H,19,20)/t11-,12-/m0/s1. The van der Waals surface area contributed by atoms with Gasteiger partial charge in [-0.25, -0.2) is 4.79 Å². The van der Waals surface area contributed by atoms with Gasteiger partial charge in [-0.2, -0.15) is 0 Å².